The quantitative estimate of drug-likeness (QED) is 0.831. The lowest BCUT2D eigenvalue weighted by Gasteiger charge is -2.06. The minimum atomic E-state index is -0.234. The maximum absolute atomic E-state index is 12.2. The molecular weight excluding hydrogens is 280 g/mol. The fourth-order valence-corrected chi connectivity index (χ4v) is 2.06. The average Bonchev–Trinajstić information content (AvgIpc) is 2.69. The van der Waals surface area contributed by atoms with E-state index in [0.29, 0.717) is 35.1 Å². The van der Waals surface area contributed by atoms with E-state index in [1.54, 1.807) is 29.7 Å². The molecule has 0 radical (unpaired) electrons. The van der Waals surface area contributed by atoms with E-state index in [-0.39, 0.29) is 11.8 Å². The molecule has 2 N–H and O–H groups in total. The van der Waals surface area contributed by atoms with Crippen LogP contribution in [-0.2, 0) is 4.79 Å². The lowest BCUT2D eigenvalue weighted by molar-refractivity contribution is -0.118. The van der Waals surface area contributed by atoms with Gasteiger partial charge in [0.25, 0.3) is 5.91 Å². The second kappa shape index (κ2) is 5.92. The lowest BCUT2D eigenvalue weighted by Crippen LogP contribution is -2.34. The highest BCUT2D eigenvalue weighted by Crippen LogP contribution is 2.16. The first-order chi connectivity index (χ1) is 9.49. The fourth-order valence-electron chi connectivity index (χ4n) is 1.91. The molecule has 0 atom stereocenters. The highest BCUT2D eigenvalue weighted by atomic mass is 35.5. The van der Waals surface area contributed by atoms with Crippen molar-refractivity contribution in [1.29, 1.82) is 0 Å². The molecule has 2 aromatic rings. The number of aryl methyl sites for hydroxylation is 1. The Hall–Kier alpha value is -2.08. The highest BCUT2D eigenvalue weighted by Gasteiger charge is 2.16. The minimum absolute atomic E-state index is 0.125. The van der Waals surface area contributed by atoms with E-state index in [1.807, 2.05) is 0 Å². The molecule has 2 rings (SSSR count). The Morgan fingerprint density at radius 2 is 2.05 bits per heavy atom. The van der Waals surface area contributed by atoms with E-state index in [2.05, 4.69) is 15.6 Å². The van der Waals surface area contributed by atoms with Crippen molar-refractivity contribution < 1.29 is 9.59 Å². The number of pyridine rings is 1. The fraction of sp³-hybridized carbons (Fsp3) is 0.308. The molecule has 0 saturated carbocycles. The van der Waals surface area contributed by atoms with Crippen LogP contribution in [0.25, 0.3) is 5.65 Å². The first kappa shape index (κ1) is 14.3. The SMILES string of the molecule is CC(=O)NCCNC(=O)c1c(C)nc2cc(Cl)ccn12. The van der Waals surface area contributed by atoms with Gasteiger partial charge in [0.1, 0.15) is 11.3 Å². The summed E-state index contributed by atoms with van der Waals surface area (Å²) in [6, 6.07) is 3.40. The minimum Gasteiger partial charge on any atom is -0.355 e. The summed E-state index contributed by atoms with van der Waals surface area (Å²) in [5.41, 5.74) is 1.73. The number of fused-ring (bicyclic) bond motifs is 1. The summed E-state index contributed by atoms with van der Waals surface area (Å²) in [7, 11) is 0. The van der Waals surface area contributed by atoms with Gasteiger partial charge >= 0.3 is 0 Å². The van der Waals surface area contributed by atoms with Crippen LogP contribution in [0.15, 0.2) is 18.3 Å². The van der Waals surface area contributed by atoms with Crippen molar-refractivity contribution in [3.8, 4) is 0 Å². The number of carbonyl (C=O) groups is 2. The van der Waals surface area contributed by atoms with Gasteiger partial charge in [-0.15, -0.1) is 0 Å². The molecule has 0 fully saturated rings. The van der Waals surface area contributed by atoms with Crippen LogP contribution < -0.4 is 10.6 Å². The van der Waals surface area contributed by atoms with E-state index in [4.69, 9.17) is 11.6 Å². The summed E-state index contributed by atoms with van der Waals surface area (Å²) in [5, 5.41) is 5.92. The molecule has 0 spiro atoms. The highest BCUT2D eigenvalue weighted by molar-refractivity contribution is 6.30. The molecule has 2 aromatic heterocycles. The zero-order chi connectivity index (χ0) is 14.7. The second-order valence-corrected chi connectivity index (χ2v) is 4.79. The van der Waals surface area contributed by atoms with Crippen LogP contribution in [0.4, 0.5) is 0 Å². The Bertz CT molecular complexity index is 666. The zero-order valence-electron chi connectivity index (χ0n) is 11.2. The predicted molar refractivity (Wildman–Crippen MR) is 76.0 cm³/mol. The molecule has 7 heteroatoms. The summed E-state index contributed by atoms with van der Waals surface area (Å²) in [6.07, 6.45) is 1.71. The third-order valence-electron chi connectivity index (χ3n) is 2.76. The normalized spacial score (nSPS) is 10.6. The van der Waals surface area contributed by atoms with Crippen LogP contribution >= 0.6 is 11.6 Å². The van der Waals surface area contributed by atoms with Crippen molar-refractivity contribution in [1.82, 2.24) is 20.0 Å². The number of nitrogens with zero attached hydrogens (tertiary/aromatic N) is 2. The average molecular weight is 295 g/mol. The summed E-state index contributed by atoms with van der Waals surface area (Å²) in [6.45, 7) is 3.95. The smallest absolute Gasteiger partial charge is 0.270 e. The van der Waals surface area contributed by atoms with Crippen LogP contribution in [0.1, 0.15) is 23.1 Å². The third kappa shape index (κ3) is 3.08. The number of aromatic nitrogens is 2. The maximum Gasteiger partial charge on any atom is 0.270 e. The van der Waals surface area contributed by atoms with Gasteiger partial charge in [-0.05, 0) is 13.0 Å². The van der Waals surface area contributed by atoms with Crippen LogP contribution in [-0.4, -0.2) is 34.3 Å². The summed E-state index contributed by atoms with van der Waals surface area (Å²) < 4.78 is 1.69. The Morgan fingerprint density at radius 3 is 2.75 bits per heavy atom. The summed E-state index contributed by atoms with van der Waals surface area (Å²) in [4.78, 5) is 27.2. The van der Waals surface area contributed by atoms with Gasteiger partial charge < -0.3 is 10.6 Å². The molecule has 106 valence electrons. The van der Waals surface area contributed by atoms with Crippen LogP contribution in [0.5, 0.6) is 0 Å². The van der Waals surface area contributed by atoms with Crippen molar-refractivity contribution in [2.24, 2.45) is 0 Å². The predicted octanol–water partition coefficient (Wildman–Crippen LogP) is 1.16. The Labute approximate surface area is 121 Å². The van der Waals surface area contributed by atoms with Gasteiger partial charge in [-0.3, -0.25) is 14.0 Å². The van der Waals surface area contributed by atoms with Crippen LogP contribution in [0, 0.1) is 6.92 Å². The first-order valence-corrected chi connectivity index (χ1v) is 6.53. The summed E-state index contributed by atoms with van der Waals surface area (Å²) in [5.74, 6) is -0.359. The third-order valence-corrected chi connectivity index (χ3v) is 3.00. The molecule has 2 amide bonds. The van der Waals surface area contributed by atoms with E-state index in [9.17, 15) is 9.59 Å². The van der Waals surface area contributed by atoms with E-state index in [0.717, 1.165) is 0 Å². The van der Waals surface area contributed by atoms with Crippen molar-refractivity contribution in [2.45, 2.75) is 13.8 Å². The number of hydrogen-bond acceptors (Lipinski definition) is 3. The number of amides is 2. The van der Waals surface area contributed by atoms with E-state index < -0.39 is 0 Å². The summed E-state index contributed by atoms with van der Waals surface area (Å²) >= 11 is 5.90. The maximum atomic E-state index is 12.2. The monoisotopic (exact) mass is 294 g/mol. The largest absolute Gasteiger partial charge is 0.355 e. The molecule has 2 heterocycles. The first-order valence-electron chi connectivity index (χ1n) is 6.16. The molecule has 0 aliphatic heterocycles. The Morgan fingerprint density at radius 1 is 1.35 bits per heavy atom. The van der Waals surface area contributed by atoms with Gasteiger partial charge in [-0.1, -0.05) is 11.6 Å². The van der Waals surface area contributed by atoms with Gasteiger partial charge in [-0.25, -0.2) is 4.98 Å². The van der Waals surface area contributed by atoms with Gasteiger partial charge in [0.05, 0.1) is 5.69 Å². The molecule has 0 bridgehead atoms. The topological polar surface area (TPSA) is 75.5 Å². The molecule has 0 aromatic carbocycles. The number of carbonyl (C=O) groups excluding carboxylic acids is 2. The standard InChI is InChI=1S/C13H15ClN4O2/c1-8-12(13(20)16-5-4-15-9(2)19)18-6-3-10(14)7-11(18)17-8/h3,6-7H,4-5H2,1-2H3,(H,15,19)(H,16,20). The molecule has 6 nitrogen and oxygen atoms in total. The van der Waals surface area contributed by atoms with Gasteiger partial charge in [-0.2, -0.15) is 0 Å². The van der Waals surface area contributed by atoms with Gasteiger partial charge in [0.2, 0.25) is 5.91 Å². The number of hydrogen-bond donors (Lipinski definition) is 2. The van der Waals surface area contributed by atoms with E-state index >= 15 is 0 Å². The lowest BCUT2D eigenvalue weighted by atomic mass is 10.3. The molecule has 0 unspecified atom stereocenters. The second-order valence-electron chi connectivity index (χ2n) is 4.36. The number of imidazole rings is 1. The van der Waals surface area contributed by atoms with Crippen molar-refractivity contribution in [3.63, 3.8) is 0 Å². The molecule has 0 aliphatic rings. The number of rotatable bonds is 4. The van der Waals surface area contributed by atoms with E-state index in [1.165, 1.54) is 6.92 Å². The van der Waals surface area contributed by atoms with Crippen LogP contribution in [0.3, 0.4) is 0 Å². The molecule has 0 saturated heterocycles. The molecule has 0 aliphatic carbocycles. The van der Waals surface area contributed by atoms with Crippen molar-refractivity contribution in [3.05, 3.63) is 34.7 Å². The Kier molecular flexibility index (Phi) is 4.24. The number of nitrogens with one attached hydrogen (secondary N) is 2. The van der Waals surface area contributed by atoms with Gasteiger partial charge in [0.15, 0.2) is 0 Å². The van der Waals surface area contributed by atoms with Crippen molar-refractivity contribution >= 4 is 29.1 Å². The molecule has 20 heavy (non-hydrogen) atoms. The Balaban J connectivity index is 2.13. The van der Waals surface area contributed by atoms with Gasteiger partial charge in [0, 0.05) is 37.3 Å². The number of halogens is 1. The van der Waals surface area contributed by atoms with Crippen molar-refractivity contribution in [2.75, 3.05) is 13.1 Å². The van der Waals surface area contributed by atoms with Crippen LogP contribution in [0.2, 0.25) is 5.02 Å². The molecular formula is C13H15ClN4O2. The zero-order valence-corrected chi connectivity index (χ0v) is 12.0.